The lowest BCUT2D eigenvalue weighted by atomic mass is 10.2. The van der Waals surface area contributed by atoms with Gasteiger partial charge in [-0.25, -0.2) is 4.79 Å². The summed E-state index contributed by atoms with van der Waals surface area (Å²) in [4.78, 5) is 23.4. The monoisotopic (exact) mass is 270 g/mol. The number of hydrogen-bond acceptors (Lipinski definition) is 2. The van der Waals surface area contributed by atoms with Crippen molar-refractivity contribution in [1.82, 2.24) is 10.2 Å². The molecular formula is C12H15ClN2O3. The third-order valence-electron chi connectivity index (χ3n) is 2.27. The summed E-state index contributed by atoms with van der Waals surface area (Å²) < 4.78 is 0. The summed E-state index contributed by atoms with van der Waals surface area (Å²) in [7, 11) is 1.64. The molecule has 0 aliphatic rings. The Morgan fingerprint density at radius 2 is 2.17 bits per heavy atom. The third-order valence-corrected chi connectivity index (χ3v) is 2.51. The molecule has 5 nitrogen and oxygen atoms in total. The van der Waals surface area contributed by atoms with Gasteiger partial charge in [0.2, 0.25) is 0 Å². The number of nitrogens with one attached hydrogen (secondary N) is 1. The number of hydrogen-bond donors (Lipinski definition) is 2. The molecule has 6 heteroatoms. The summed E-state index contributed by atoms with van der Waals surface area (Å²) in [6.07, 6.45) is -0.0866. The summed E-state index contributed by atoms with van der Waals surface area (Å²) in [5.41, 5.74) is 0.915. The molecule has 1 aromatic rings. The van der Waals surface area contributed by atoms with E-state index in [9.17, 15) is 9.59 Å². The van der Waals surface area contributed by atoms with E-state index in [2.05, 4.69) is 5.32 Å². The molecule has 0 atom stereocenters. The summed E-state index contributed by atoms with van der Waals surface area (Å²) in [5.74, 6) is -0.937. The van der Waals surface area contributed by atoms with Gasteiger partial charge in [0.15, 0.2) is 0 Å². The first kappa shape index (κ1) is 14.3. The fourth-order valence-electron chi connectivity index (χ4n) is 1.39. The highest BCUT2D eigenvalue weighted by molar-refractivity contribution is 6.30. The number of benzene rings is 1. The molecule has 98 valence electrons. The average Bonchev–Trinajstić information content (AvgIpc) is 2.28. The Labute approximate surface area is 110 Å². The van der Waals surface area contributed by atoms with Gasteiger partial charge in [0, 0.05) is 25.2 Å². The van der Waals surface area contributed by atoms with Gasteiger partial charge >= 0.3 is 12.0 Å². The van der Waals surface area contributed by atoms with E-state index in [1.54, 1.807) is 19.2 Å². The summed E-state index contributed by atoms with van der Waals surface area (Å²) >= 11 is 5.84. The van der Waals surface area contributed by atoms with Gasteiger partial charge in [-0.15, -0.1) is 0 Å². The molecule has 18 heavy (non-hydrogen) atoms. The summed E-state index contributed by atoms with van der Waals surface area (Å²) in [6.45, 7) is 0.535. The van der Waals surface area contributed by atoms with Crippen molar-refractivity contribution in [3.05, 3.63) is 34.9 Å². The van der Waals surface area contributed by atoms with Crippen LogP contribution in [0, 0.1) is 0 Å². The van der Waals surface area contributed by atoms with Gasteiger partial charge < -0.3 is 15.3 Å². The van der Waals surface area contributed by atoms with Crippen LogP contribution in [0.2, 0.25) is 5.02 Å². The fraction of sp³-hybridized carbons (Fsp3) is 0.333. The molecule has 0 bridgehead atoms. The molecule has 0 saturated heterocycles. The smallest absolute Gasteiger partial charge is 0.317 e. The first-order chi connectivity index (χ1) is 8.49. The number of halogens is 1. The molecule has 0 unspecified atom stereocenters. The van der Waals surface area contributed by atoms with Crippen molar-refractivity contribution in [1.29, 1.82) is 0 Å². The van der Waals surface area contributed by atoms with Gasteiger partial charge in [0.05, 0.1) is 6.42 Å². The molecule has 1 aromatic carbocycles. The Morgan fingerprint density at radius 3 is 2.78 bits per heavy atom. The molecule has 0 heterocycles. The predicted molar refractivity (Wildman–Crippen MR) is 68.6 cm³/mol. The van der Waals surface area contributed by atoms with Crippen molar-refractivity contribution < 1.29 is 14.7 Å². The number of amides is 2. The van der Waals surface area contributed by atoms with Crippen LogP contribution in [0.3, 0.4) is 0 Å². The van der Waals surface area contributed by atoms with Crippen molar-refractivity contribution in [2.45, 2.75) is 13.0 Å². The molecule has 0 fully saturated rings. The molecule has 0 aromatic heterocycles. The van der Waals surface area contributed by atoms with Crippen LogP contribution in [0.4, 0.5) is 4.79 Å². The molecular weight excluding hydrogens is 256 g/mol. The van der Waals surface area contributed by atoms with E-state index >= 15 is 0 Å². The van der Waals surface area contributed by atoms with Crippen LogP contribution in [-0.2, 0) is 11.3 Å². The molecule has 1 rings (SSSR count). The van der Waals surface area contributed by atoms with Crippen molar-refractivity contribution in [3.63, 3.8) is 0 Å². The van der Waals surface area contributed by atoms with Crippen molar-refractivity contribution >= 4 is 23.6 Å². The van der Waals surface area contributed by atoms with Crippen LogP contribution in [0.1, 0.15) is 12.0 Å². The van der Waals surface area contributed by atoms with Gasteiger partial charge in [-0.1, -0.05) is 23.7 Å². The van der Waals surface area contributed by atoms with E-state index in [1.165, 1.54) is 4.90 Å². The van der Waals surface area contributed by atoms with Gasteiger partial charge in [0.1, 0.15) is 0 Å². The second kappa shape index (κ2) is 6.86. The molecule has 0 saturated carbocycles. The molecule has 0 aliphatic heterocycles. The van der Waals surface area contributed by atoms with Crippen molar-refractivity contribution in [2.24, 2.45) is 0 Å². The maximum Gasteiger partial charge on any atom is 0.317 e. The SMILES string of the molecule is CN(Cc1cccc(Cl)c1)C(=O)NCCC(=O)O. The Hall–Kier alpha value is -1.75. The lowest BCUT2D eigenvalue weighted by Crippen LogP contribution is -2.37. The number of carbonyl (C=O) groups excluding carboxylic acids is 1. The maximum absolute atomic E-state index is 11.6. The number of rotatable bonds is 5. The van der Waals surface area contributed by atoms with Gasteiger partial charge in [0.25, 0.3) is 0 Å². The summed E-state index contributed by atoms with van der Waals surface area (Å²) in [6, 6.07) is 6.91. The van der Waals surface area contributed by atoms with Gasteiger partial charge in [-0.05, 0) is 17.7 Å². The molecule has 2 amide bonds. The third kappa shape index (κ3) is 5.05. The van der Waals surface area contributed by atoms with Crippen LogP contribution >= 0.6 is 11.6 Å². The van der Waals surface area contributed by atoms with E-state index in [-0.39, 0.29) is 19.0 Å². The minimum atomic E-state index is -0.937. The van der Waals surface area contributed by atoms with Gasteiger partial charge in [-0.2, -0.15) is 0 Å². The van der Waals surface area contributed by atoms with Crippen LogP contribution in [0.5, 0.6) is 0 Å². The Kier molecular flexibility index (Phi) is 5.45. The topological polar surface area (TPSA) is 69.6 Å². The van der Waals surface area contributed by atoms with E-state index in [4.69, 9.17) is 16.7 Å². The predicted octanol–water partition coefficient (Wildman–Crippen LogP) is 1.96. The quantitative estimate of drug-likeness (QED) is 0.859. The van der Waals surface area contributed by atoms with Crippen LogP contribution < -0.4 is 5.32 Å². The Morgan fingerprint density at radius 1 is 1.44 bits per heavy atom. The first-order valence-electron chi connectivity index (χ1n) is 5.44. The molecule has 2 N–H and O–H groups in total. The number of carbonyl (C=O) groups is 2. The Balaban J connectivity index is 2.42. The number of carboxylic acid groups (broad SMARTS) is 1. The molecule has 0 spiro atoms. The zero-order valence-corrected chi connectivity index (χ0v) is 10.8. The number of aliphatic carboxylic acids is 1. The van der Waals surface area contributed by atoms with Crippen LogP contribution in [0.25, 0.3) is 0 Å². The number of urea groups is 1. The minimum absolute atomic E-state index is 0.0866. The van der Waals surface area contributed by atoms with E-state index in [0.29, 0.717) is 11.6 Å². The fourth-order valence-corrected chi connectivity index (χ4v) is 1.61. The normalized spacial score (nSPS) is 9.89. The zero-order valence-electron chi connectivity index (χ0n) is 10.0. The zero-order chi connectivity index (χ0) is 13.5. The van der Waals surface area contributed by atoms with E-state index < -0.39 is 5.97 Å². The highest BCUT2D eigenvalue weighted by Crippen LogP contribution is 2.12. The van der Waals surface area contributed by atoms with Crippen LogP contribution in [-0.4, -0.2) is 35.6 Å². The highest BCUT2D eigenvalue weighted by Gasteiger charge is 2.09. The maximum atomic E-state index is 11.6. The standard InChI is InChI=1S/C12H15ClN2O3/c1-15(12(18)14-6-5-11(16)17)8-9-3-2-4-10(13)7-9/h2-4,7H,5-6,8H2,1H3,(H,14,18)(H,16,17). The largest absolute Gasteiger partial charge is 0.481 e. The number of carboxylic acids is 1. The first-order valence-corrected chi connectivity index (χ1v) is 5.82. The van der Waals surface area contributed by atoms with E-state index in [0.717, 1.165) is 5.56 Å². The lowest BCUT2D eigenvalue weighted by molar-refractivity contribution is -0.136. The second-order valence-corrected chi connectivity index (χ2v) is 4.30. The summed E-state index contributed by atoms with van der Waals surface area (Å²) in [5, 5.41) is 11.6. The molecule has 0 aliphatic carbocycles. The van der Waals surface area contributed by atoms with Gasteiger partial charge in [-0.3, -0.25) is 4.79 Å². The lowest BCUT2D eigenvalue weighted by Gasteiger charge is -2.17. The minimum Gasteiger partial charge on any atom is -0.481 e. The van der Waals surface area contributed by atoms with Crippen molar-refractivity contribution in [2.75, 3.05) is 13.6 Å². The Bertz CT molecular complexity index is 437. The number of nitrogens with zero attached hydrogens (tertiary/aromatic N) is 1. The van der Waals surface area contributed by atoms with Crippen molar-refractivity contribution in [3.8, 4) is 0 Å². The molecule has 0 radical (unpaired) electrons. The highest BCUT2D eigenvalue weighted by atomic mass is 35.5. The average molecular weight is 271 g/mol. The second-order valence-electron chi connectivity index (χ2n) is 3.86. The van der Waals surface area contributed by atoms with E-state index in [1.807, 2.05) is 12.1 Å². The van der Waals surface area contributed by atoms with Crippen LogP contribution in [0.15, 0.2) is 24.3 Å².